The predicted molar refractivity (Wildman–Crippen MR) is 163 cm³/mol. The molecule has 0 radical (unpaired) electrons. The normalized spacial score (nSPS) is 13.8. The van der Waals surface area contributed by atoms with Crippen LogP contribution in [0.25, 0.3) is 11.1 Å². The van der Waals surface area contributed by atoms with E-state index in [1.54, 1.807) is 0 Å². The van der Waals surface area contributed by atoms with Gasteiger partial charge in [-0.05, 0) is 67.1 Å². The number of nitrogens with one attached hydrogen (secondary N) is 2. The maximum absolute atomic E-state index is 13.1. The molecule has 42 heavy (non-hydrogen) atoms. The molecule has 1 aliphatic rings. The number of esters is 1. The van der Waals surface area contributed by atoms with Gasteiger partial charge in [0, 0.05) is 12.5 Å². The third kappa shape index (κ3) is 8.44. The number of hydrogen-bond donors (Lipinski definition) is 3. The Hall–Kier alpha value is -4.14. The van der Waals surface area contributed by atoms with Crippen LogP contribution in [0.3, 0.4) is 0 Å². The van der Waals surface area contributed by atoms with Crippen LogP contribution >= 0.6 is 0 Å². The van der Waals surface area contributed by atoms with Crippen LogP contribution in [0.4, 0.5) is 4.79 Å². The summed E-state index contributed by atoms with van der Waals surface area (Å²) in [6.45, 7) is 9.71. The highest BCUT2D eigenvalue weighted by molar-refractivity contribution is 5.79. The van der Waals surface area contributed by atoms with Crippen molar-refractivity contribution in [3.8, 4) is 16.9 Å². The summed E-state index contributed by atoms with van der Waals surface area (Å²) < 4.78 is 16.6. The molecule has 1 aliphatic carbocycles. The fourth-order valence-corrected chi connectivity index (χ4v) is 5.04. The molecule has 3 N–H and O–H groups in total. The first-order chi connectivity index (χ1) is 20.1. The molecule has 0 aliphatic heterocycles. The summed E-state index contributed by atoms with van der Waals surface area (Å²) in [4.78, 5) is 24.9. The second kappa shape index (κ2) is 14.2. The molecule has 0 bridgehead atoms. The van der Waals surface area contributed by atoms with Gasteiger partial charge in [-0.2, -0.15) is 0 Å². The number of fused-ring (bicyclic) bond motifs is 3. The highest BCUT2D eigenvalue weighted by atomic mass is 16.5. The number of benzene rings is 3. The zero-order chi connectivity index (χ0) is 30.1. The molecule has 4 rings (SSSR count). The molecule has 0 fully saturated rings. The summed E-state index contributed by atoms with van der Waals surface area (Å²) in [5, 5.41) is 16.8. The number of carbonyl (C=O) groups excluding carboxylic acids is 2. The molecule has 0 saturated heterocycles. The second-order valence-electron chi connectivity index (χ2n) is 11.3. The average molecular weight is 573 g/mol. The highest BCUT2D eigenvalue weighted by Gasteiger charge is 2.30. The van der Waals surface area contributed by atoms with Gasteiger partial charge in [-0.25, -0.2) is 4.79 Å². The Kier molecular flexibility index (Phi) is 10.4. The minimum absolute atomic E-state index is 0.0583. The second-order valence-corrected chi connectivity index (χ2v) is 11.3. The van der Waals surface area contributed by atoms with Crippen molar-refractivity contribution in [3.63, 3.8) is 0 Å². The Morgan fingerprint density at radius 1 is 0.952 bits per heavy atom. The summed E-state index contributed by atoms with van der Waals surface area (Å²) in [6.07, 6.45) is 0.185. The standard InChI is InChI=1S/C34H40N2O6/c1-5-18-40-32(38)21-35-20-31(37)30(19-23-14-16-24(17-15-23)42-34(2,3)4)36-33(39)41-22-29-27-12-8-6-10-25(27)26-11-7-9-13-28(26)29/h5-17,29-31,35,37H,1,18-22H2,2-4H3,(H,36,39)/t30-,31?/m0/s1. The molecule has 0 saturated carbocycles. The van der Waals surface area contributed by atoms with E-state index in [1.165, 1.54) is 6.08 Å². The number of hydrogen-bond acceptors (Lipinski definition) is 7. The molecule has 1 amide bonds. The minimum Gasteiger partial charge on any atom is -0.488 e. The Labute approximate surface area is 247 Å². The third-order valence-corrected chi connectivity index (χ3v) is 6.90. The zero-order valence-electron chi connectivity index (χ0n) is 24.5. The Morgan fingerprint density at radius 2 is 1.57 bits per heavy atom. The van der Waals surface area contributed by atoms with Crippen molar-refractivity contribution in [2.75, 3.05) is 26.3 Å². The Morgan fingerprint density at radius 3 is 2.17 bits per heavy atom. The number of rotatable bonds is 13. The van der Waals surface area contributed by atoms with Crippen LogP contribution in [-0.2, 0) is 20.7 Å². The molecule has 0 spiro atoms. The first-order valence-corrected chi connectivity index (χ1v) is 14.2. The van der Waals surface area contributed by atoms with Crippen LogP contribution in [0.1, 0.15) is 43.4 Å². The largest absolute Gasteiger partial charge is 0.488 e. The highest BCUT2D eigenvalue weighted by Crippen LogP contribution is 2.44. The van der Waals surface area contributed by atoms with Crippen LogP contribution in [0.2, 0.25) is 0 Å². The molecule has 1 unspecified atom stereocenters. The maximum atomic E-state index is 13.1. The van der Waals surface area contributed by atoms with Crippen LogP contribution in [0.15, 0.2) is 85.5 Å². The summed E-state index contributed by atoms with van der Waals surface area (Å²) in [7, 11) is 0. The van der Waals surface area contributed by atoms with E-state index in [1.807, 2.05) is 69.3 Å². The van der Waals surface area contributed by atoms with Crippen molar-refractivity contribution < 1.29 is 28.9 Å². The van der Waals surface area contributed by atoms with E-state index >= 15 is 0 Å². The monoisotopic (exact) mass is 572 g/mol. The average Bonchev–Trinajstić information content (AvgIpc) is 3.28. The van der Waals surface area contributed by atoms with Crippen molar-refractivity contribution in [2.45, 2.75) is 50.9 Å². The number of aliphatic hydroxyl groups is 1. The molecule has 8 heteroatoms. The quantitative estimate of drug-likeness (QED) is 0.196. The number of carbonyl (C=O) groups is 2. The van der Waals surface area contributed by atoms with Crippen molar-refractivity contribution >= 4 is 12.1 Å². The first-order valence-electron chi connectivity index (χ1n) is 14.2. The van der Waals surface area contributed by atoms with E-state index in [0.29, 0.717) is 6.42 Å². The van der Waals surface area contributed by atoms with E-state index in [9.17, 15) is 14.7 Å². The summed E-state index contributed by atoms with van der Waals surface area (Å²) >= 11 is 0. The van der Waals surface area contributed by atoms with Gasteiger partial charge in [0.15, 0.2) is 0 Å². The molecule has 0 aromatic heterocycles. The fourth-order valence-electron chi connectivity index (χ4n) is 5.04. The number of aliphatic hydroxyl groups excluding tert-OH is 1. The predicted octanol–water partition coefficient (Wildman–Crippen LogP) is 4.99. The minimum atomic E-state index is -1.01. The lowest BCUT2D eigenvalue weighted by Gasteiger charge is -2.25. The lowest BCUT2D eigenvalue weighted by Crippen LogP contribution is -2.49. The Bertz CT molecular complexity index is 1320. The van der Waals surface area contributed by atoms with E-state index in [2.05, 4.69) is 41.5 Å². The SMILES string of the molecule is C=CCOC(=O)CNCC(O)[C@H](Cc1ccc(OC(C)(C)C)cc1)NC(=O)OCC1c2ccccc2-c2ccccc21. The lowest BCUT2D eigenvalue weighted by atomic mass is 9.98. The lowest BCUT2D eigenvalue weighted by molar-refractivity contribution is -0.141. The summed E-state index contributed by atoms with van der Waals surface area (Å²) in [5.41, 5.74) is 5.09. The number of amides is 1. The molecule has 3 aromatic carbocycles. The van der Waals surface area contributed by atoms with Gasteiger partial charge in [0.2, 0.25) is 0 Å². The molecule has 2 atom stereocenters. The third-order valence-electron chi connectivity index (χ3n) is 6.90. The molecule has 222 valence electrons. The zero-order valence-corrected chi connectivity index (χ0v) is 24.5. The summed E-state index contributed by atoms with van der Waals surface area (Å²) in [5.74, 6) is 0.190. The van der Waals surface area contributed by atoms with E-state index in [0.717, 1.165) is 33.6 Å². The van der Waals surface area contributed by atoms with Gasteiger partial charge in [0.25, 0.3) is 0 Å². The van der Waals surface area contributed by atoms with Crippen LogP contribution < -0.4 is 15.4 Å². The van der Waals surface area contributed by atoms with Gasteiger partial charge in [0.1, 0.15) is 24.6 Å². The van der Waals surface area contributed by atoms with Gasteiger partial charge in [0.05, 0.1) is 18.7 Å². The molecule has 0 heterocycles. The Balaban J connectivity index is 1.41. The number of ether oxygens (including phenoxy) is 3. The van der Waals surface area contributed by atoms with Crippen molar-refractivity contribution in [1.82, 2.24) is 10.6 Å². The van der Waals surface area contributed by atoms with Crippen molar-refractivity contribution in [3.05, 3.63) is 102 Å². The van der Waals surface area contributed by atoms with Gasteiger partial charge < -0.3 is 30.0 Å². The van der Waals surface area contributed by atoms with Crippen LogP contribution in [0.5, 0.6) is 5.75 Å². The van der Waals surface area contributed by atoms with E-state index in [-0.39, 0.29) is 37.8 Å². The molecule has 8 nitrogen and oxygen atoms in total. The first kappa shape index (κ1) is 30.8. The van der Waals surface area contributed by atoms with Crippen molar-refractivity contribution in [1.29, 1.82) is 0 Å². The van der Waals surface area contributed by atoms with Crippen LogP contribution in [0, 0.1) is 0 Å². The smallest absolute Gasteiger partial charge is 0.407 e. The fraction of sp³-hybridized carbons (Fsp3) is 0.353. The molecular weight excluding hydrogens is 532 g/mol. The molecular formula is C34H40N2O6. The maximum Gasteiger partial charge on any atom is 0.407 e. The van der Waals surface area contributed by atoms with E-state index < -0.39 is 24.2 Å². The van der Waals surface area contributed by atoms with Gasteiger partial charge in [-0.15, -0.1) is 0 Å². The van der Waals surface area contributed by atoms with Gasteiger partial charge >= 0.3 is 12.1 Å². The van der Waals surface area contributed by atoms with Crippen LogP contribution in [-0.4, -0.2) is 61.2 Å². The number of alkyl carbamates (subject to hydrolysis) is 1. The summed E-state index contributed by atoms with van der Waals surface area (Å²) in [6, 6.07) is 23.1. The van der Waals surface area contributed by atoms with Crippen molar-refractivity contribution in [2.24, 2.45) is 0 Å². The molecule has 3 aromatic rings. The van der Waals surface area contributed by atoms with E-state index in [4.69, 9.17) is 14.2 Å². The van der Waals surface area contributed by atoms with Gasteiger partial charge in [-0.1, -0.05) is 73.3 Å². The topological polar surface area (TPSA) is 106 Å². The van der Waals surface area contributed by atoms with Gasteiger partial charge in [-0.3, -0.25) is 4.79 Å².